The molecule has 1 heteroatoms. The predicted octanol–water partition coefficient (Wildman–Crippen LogP) is 3.74. The van der Waals surface area contributed by atoms with Crippen molar-refractivity contribution in [2.75, 3.05) is 0 Å². The summed E-state index contributed by atoms with van der Waals surface area (Å²) < 4.78 is 0. The van der Waals surface area contributed by atoms with Gasteiger partial charge >= 0.3 is 0 Å². The first-order valence-electron chi connectivity index (χ1n) is 5.92. The van der Waals surface area contributed by atoms with Gasteiger partial charge in [-0.1, -0.05) is 24.8 Å². The molecular formula is C13H21N. The number of fused-ring (bicyclic) bond motifs is 1. The van der Waals surface area contributed by atoms with E-state index in [4.69, 9.17) is 0 Å². The maximum atomic E-state index is 3.40. The van der Waals surface area contributed by atoms with E-state index in [-0.39, 0.29) is 0 Å². The maximum absolute atomic E-state index is 3.40. The molecule has 1 aliphatic heterocycles. The molecule has 2 aliphatic rings. The van der Waals surface area contributed by atoms with Crippen LogP contribution in [0.1, 0.15) is 52.4 Å². The zero-order valence-electron chi connectivity index (χ0n) is 9.40. The summed E-state index contributed by atoms with van der Waals surface area (Å²) in [7, 11) is 0. The van der Waals surface area contributed by atoms with Crippen LogP contribution in [0.2, 0.25) is 0 Å². The van der Waals surface area contributed by atoms with Crippen LogP contribution < -0.4 is 5.32 Å². The van der Waals surface area contributed by atoms with Gasteiger partial charge < -0.3 is 5.32 Å². The van der Waals surface area contributed by atoms with Gasteiger partial charge in [0.2, 0.25) is 0 Å². The van der Waals surface area contributed by atoms with Crippen LogP contribution in [0, 0.1) is 5.92 Å². The quantitative estimate of drug-likeness (QED) is 0.615. The van der Waals surface area contributed by atoms with Gasteiger partial charge in [0.1, 0.15) is 0 Å². The molecule has 0 radical (unpaired) electrons. The lowest BCUT2D eigenvalue weighted by Crippen LogP contribution is -2.21. The van der Waals surface area contributed by atoms with E-state index in [1.165, 1.54) is 49.8 Å². The van der Waals surface area contributed by atoms with E-state index in [1.54, 1.807) is 5.57 Å². The molecule has 1 atom stereocenters. The third-order valence-electron chi connectivity index (χ3n) is 3.66. The highest BCUT2D eigenvalue weighted by Crippen LogP contribution is 2.35. The first-order valence-corrected chi connectivity index (χ1v) is 5.92. The summed E-state index contributed by atoms with van der Waals surface area (Å²) in [5.74, 6) is 0.761. The number of allylic oxidation sites excluding steroid dienone is 3. The van der Waals surface area contributed by atoms with Crippen molar-refractivity contribution in [3.05, 3.63) is 23.0 Å². The van der Waals surface area contributed by atoms with Gasteiger partial charge in [0.15, 0.2) is 0 Å². The summed E-state index contributed by atoms with van der Waals surface area (Å²) in [6.07, 6.45) is 10.5. The molecule has 78 valence electrons. The van der Waals surface area contributed by atoms with Gasteiger partial charge in [0.25, 0.3) is 0 Å². The summed E-state index contributed by atoms with van der Waals surface area (Å²) in [6, 6.07) is 0. The molecule has 1 unspecified atom stereocenters. The van der Waals surface area contributed by atoms with Crippen molar-refractivity contribution in [2.24, 2.45) is 5.92 Å². The van der Waals surface area contributed by atoms with E-state index in [9.17, 15) is 0 Å². The molecule has 1 saturated carbocycles. The second-order valence-electron chi connectivity index (χ2n) is 4.69. The van der Waals surface area contributed by atoms with Crippen molar-refractivity contribution in [1.82, 2.24) is 5.32 Å². The number of hydrogen-bond acceptors (Lipinski definition) is 1. The molecule has 2 rings (SSSR count). The largest absolute Gasteiger partial charge is 0.365 e. The Balaban J connectivity index is 2.20. The first-order chi connectivity index (χ1) is 6.79. The topological polar surface area (TPSA) is 12.0 Å². The summed E-state index contributed by atoms with van der Waals surface area (Å²) in [5, 5.41) is 3.40. The minimum absolute atomic E-state index is 0.761. The average Bonchev–Trinajstić information content (AvgIpc) is 2.11. The van der Waals surface area contributed by atoms with Gasteiger partial charge in [0.05, 0.1) is 0 Å². The van der Waals surface area contributed by atoms with Gasteiger partial charge in [-0.3, -0.25) is 0 Å². The van der Waals surface area contributed by atoms with Crippen molar-refractivity contribution in [1.29, 1.82) is 0 Å². The van der Waals surface area contributed by atoms with Crippen molar-refractivity contribution < 1.29 is 0 Å². The second kappa shape index (κ2) is 4.20. The Morgan fingerprint density at radius 1 is 1.14 bits per heavy atom. The standard InChI is InChI=1S/C13H21N/c1-10-9-14-11(2)13-8-6-4-3-5-7-12(10)13/h9,12,14H,3-8H2,1-2H3. The van der Waals surface area contributed by atoms with Crippen LogP contribution in [0.5, 0.6) is 0 Å². The first kappa shape index (κ1) is 9.82. The van der Waals surface area contributed by atoms with E-state index in [2.05, 4.69) is 25.4 Å². The number of dihydropyridines is 1. The van der Waals surface area contributed by atoms with Gasteiger partial charge in [0, 0.05) is 17.8 Å². The smallest absolute Gasteiger partial charge is 0.0113 e. The highest BCUT2D eigenvalue weighted by Gasteiger charge is 2.22. The van der Waals surface area contributed by atoms with E-state index in [0.29, 0.717) is 0 Å². The van der Waals surface area contributed by atoms with Crippen LogP contribution in [-0.2, 0) is 0 Å². The van der Waals surface area contributed by atoms with Crippen molar-refractivity contribution in [3.8, 4) is 0 Å². The lowest BCUT2D eigenvalue weighted by Gasteiger charge is -2.29. The van der Waals surface area contributed by atoms with E-state index in [0.717, 1.165) is 5.92 Å². The molecule has 0 aromatic rings. The number of rotatable bonds is 0. The Labute approximate surface area is 87.3 Å². The van der Waals surface area contributed by atoms with Crippen molar-refractivity contribution in [2.45, 2.75) is 52.4 Å². The second-order valence-corrected chi connectivity index (χ2v) is 4.69. The minimum atomic E-state index is 0.761. The highest BCUT2D eigenvalue weighted by molar-refractivity contribution is 5.29. The van der Waals surface area contributed by atoms with E-state index >= 15 is 0 Å². The number of hydrogen-bond donors (Lipinski definition) is 1. The fourth-order valence-electron chi connectivity index (χ4n) is 2.73. The zero-order valence-corrected chi connectivity index (χ0v) is 9.40. The highest BCUT2D eigenvalue weighted by atomic mass is 14.9. The zero-order chi connectivity index (χ0) is 9.97. The minimum Gasteiger partial charge on any atom is -0.365 e. The van der Waals surface area contributed by atoms with Gasteiger partial charge in [-0.05, 0) is 38.7 Å². The fourth-order valence-corrected chi connectivity index (χ4v) is 2.73. The molecule has 1 nitrogen and oxygen atoms in total. The van der Waals surface area contributed by atoms with E-state index in [1.807, 2.05) is 0 Å². The third-order valence-corrected chi connectivity index (χ3v) is 3.66. The molecule has 0 saturated heterocycles. The molecule has 14 heavy (non-hydrogen) atoms. The molecule has 0 amide bonds. The maximum Gasteiger partial charge on any atom is 0.0113 e. The Morgan fingerprint density at radius 3 is 2.79 bits per heavy atom. The van der Waals surface area contributed by atoms with Crippen LogP contribution in [0.3, 0.4) is 0 Å². The third kappa shape index (κ3) is 1.87. The van der Waals surface area contributed by atoms with Crippen molar-refractivity contribution in [3.63, 3.8) is 0 Å². The molecule has 0 aromatic carbocycles. The SMILES string of the molecule is CC1=CNC(C)=C2CCCCCCC12. The van der Waals surface area contributed by atoms with Gasteiger partial charge in [-0.25, -0.2) is 0 Å². The molecule has 0 aromatic heterocycles. The molecule has 1 aliphatic carbocycles. The Bertz CT molecular complexity index is 273. The van der Waals surface area contributed by atoms with Gasteiger partial charge in [-0.15, -0.1) is 0 Å². The van der Waals surface area contributed by atoms with Gasteiger partial charge in [-0.2, -0.15) is 0 Å². The lowest BCUT2D eigenvalue weighted by atomic mass is 9.80. The Hall–Kier alpha value is -0.720. The fraction of sp³-hybridized carbons (Fsp3) is 0.692. The molecule has 1 fully saturated rings. The molecule has 0 bridgehead atoms. The van der Waals surface area contributed by atoms with Crippen LogP contribution in [-0.4, -0.2) is 0 Å². The average molecular weight is 191 g/mol. The van der Waals surface area contributed by atoms with Crippen LogP contribution in [0.15, 0.2) is 23.0 Å². The summed E-state index contributed by atoms with van der Waals surface area (Å²) in [4.78, 5) is 0. The lowest BCUT2D eigenvalue weighted by molar-refractivity contribution is 0.486. The Morgan fingerprint density at radius 2 is 1.93 bits per heavy atom. The van der Waals surface area contributed by atoms with E-state index < -0.39 is 0 Å². The summed E-state index contributed by atoms with van der Waals surface area (Å²) in [5.41, 5.74) is 4.64. The van der Waals surface area contributed by atoms with Crippen LogP contribution in [0.4, 0.5) is 0 Å². The van der Waals surface area contributed by atoms with Crippen LogP contribution >= 0.6 is 0 Å². The molecule has 0 spiro atoms. The monoisotopic (exact) mass is 191 g/mol. The molecular weight excluding hydrogens is 170 g/mol. The molecule has 1 heterocycles. The van der Waals surface area contributed by atoms with Crippen molar-refractivity contribution >= 4 is 0 Å². The molecule has 1 N–H and O–H groups in total. The predicted molar refractivity (Wildman–Crippen MR) is 60.8 cm³/mol. The Kier molecular flexibility index (Phi) is 2.95. The summed E-state index contributed by atoms with van der Waals surface area (Å²) in [6.45, 7) is 4.50. The van der Waals surface area contributed by atoms with Crippen LogP contribution in [0.25, 0.3) is 0 Å². The number of nitrogens with one attached hydrogen (secondary N) is 1. The normalized spacial score (nSPS) is 28.4. The summed E-state index contributed by atoms with van der Waals surface area (Å²) >= 11 is 0.